The predicted molar refractivity (Wildman–Crippen MR) is 252 cm³/mol. The van der Waals surface area contributed by atoms with Crippen LogP contribution in [0.2, 0.25) is 0 Å². The van der Waals surface area contributed by atoms with Crippen LogP contribution in [0.5, 0.6) is 0 Å². The maximum atomic E-state index is 12.6. The van der Waals surface area contributed by atoms with Crippen molar-refractivity contribution in [2.75, 3.05) is 31.6 Å². The Kier molecular flexibility index (Phi) is 14.2. The zero-order valence-corrected chi connectivity index (χ0v) is 37.4. The lowest BCUT2D eigenvalue weighted by molar-refractivity contribution is -0.401. The minimum Gasteiger partial charge on any atom is -0.444 e. The van der Waals surface area contributed by atoms with Gasteiger partial charge < -0.3 is 20.3 Å². The third-order valence-electron chi connectivity index (χ3n) is 12.0. The normalized spacial score (nSPS) is 16.5. The molecule has 0 aromatic heterocycles. The fourth-order valence-electron chi connectivity index (χ4n) is 9.11. The molecule has 2 amide bonds. The van der Waals surface area contributed by atoms with Gasteiger partial charge in [-0.1, -0.05) is 118 Å². The Morgan fingerprint density at radius 2 is 1.28 bits per heavy atom. The van der Waals surface area contributed by atoms with Crippen LogP contribution in [0.4, 0.5) is 16.2 Å². The van der Waals surface area contributed by atoms with Crippen LogP contribution in [0.25, 0.3) is 21.5 Å². The van der Waals surface area contributed by atoms with Crippen molar-refractivity contribution in [3.63, 3.8) is 0 Å². The molecule has 0 saturated heterocycles. The van der Waals surface area contributed by atoms with Crippen molar-refractivity contribution in [3.8, 4) is 0 Å². The van der Waals surface area contributed by atoms with E-state index in [0.29, 0.717) is 19.5 Å². The molecule has 6 rings (SSSR count). The van der Waals surface area contributed by atoms with E-state index in [0.717, 1.165) is 51.5 Å². The number of hydrogen-bond acceptors (Lipinski definition) is 4. The Balaban J connectivity index is 1.01. The topological polar surface area (TPSA) is 73.7 Å². The van der Waals surface area contributed by atoms with Crippen LogP contribution in [-0.2, 0) is 20.4 Å². The fraction of sp³-hybridized carbons (Fsp3) is 0.415. The summed E-state index contributed by atoms with van der Waals surface area (Å²) in [6.45, 7) is 17.1. The number of hydrogen-bond donors (Lipinski definition) is 2. The molecule has 0 saturated carbocycles. The highest BCUT2D eigenvalue weighted by Gasteiger charge is 2.44. The minimum atomic E-state index is -0.484. The predicted octanol–water partition coefficient (Wildman–Crippen LogP) is 12.1. The van der Waals surface area contributed by atoms with Crippen molar-refractivity contribution >= 4 is 50.6 Å². The summed E-state index contributed by atoms with van der Waals surface area (Å²) in [4.78, 5) is 26.9. The van der Waals surface area contributed by atoms with Crippen molar-refractivity contribution < 1.29 is 18.9 Å². The second kappa shape index (κ2) is 19.3. The standard InChI is InChI=1S/C53H66N4O3/c1-51(2,3)60-50(59)55-37-23-13-12-22-36-54-47(58)31-17-14-24-38-57-44-35-33-40-26-19-21-28-42(40)49(44)53(6,7)46(57)30-16-11-9-10-15-29-45-52(4,5)48-41-27-20-18-25-39(41)32-34-43(48)56(45)8/h9-11,15-16,18-21,25-30,32-35H,12-14,17,22-24,31,36-38H2,1-8H3,(H-,54,55,58,59)/p+1. The largest absolute Gasteiger partial charge is 0.444 e. The molecule has 2 N–H and O–H groups in total. The van der Waals surface area contributed by atoms with Crippen LogP contribution in [-0.4, -0.2) is 54.6 Å². The van der Waals surface area contributed by atoms with Gasteiger partial charge >= 0.3 is 6.09 Å². The molecular formula is C53H67N4O3+. The Morgan fingerprint density at radius 3 is 1.98 bits per heavy atom. The van der Waals surface area contributed by atoms with Gasteiger partial charge in [-0.2, -0.15) is 4.58 Å². The molecule has 2 aliphatic rings. The van der Waals surface area contributed by atoms with Gasteiger partial charge in [0.15, 0.2) is 5.71 Å². The summed E-state index contributed by atoms with van der Waals surface area (Å²) < 4.78 is 7.61. The van der Waals surface area contributed by atoms with Gasteiger partial charge in [-0.3, -0.25) is 4.79 Å². The quantitative estimate of drug-likeness (QED) is 0.0633. The number of carbonyl (C=O) groups excluding carboxylic acids is 2. The molecule has 4 aromatic carbocycles. The number of allylic oxidation sites excluding steroid dienone is 8. The monoisotopic (exact) mass is 808 g/mol. The highest BCUT2D eigenvalue weighted by molar-refractivity contribution is 6.07. The zero-order valence-electron chi connectivity index (χ0n) is 37.4. The van der Waals surface area contributed by atoms with Gasteiger partial charge in [-0.05, 0) is 106 Å². The molecule has 2 heterocycles. The molecule has 0 fully saturated rings. The van der Waals surface area contributed by atoms with Crippen LogP contribution in [0.1, 0.15) is 111 Å². The number of amides is 2. The zero-order chi connectivity index (χ0) is 42.9. The van der Waals surface area contributed by atoms with Crippen LogP contribution in [0.15, 0.2) is 121 Å². The lowest BCUT2D eigenvalue weighted by Gasteiger charge is -2.27. The number of anilines is 1. The first kappa shape index (κ1) is 44.1. The van der Waals surface area contributed by atoms with E-state index in [9.17, 15) is 9.59 Å². The highest BCUT2D eigenvalue weighted by Crippen LogP contribution is 2.51. The van der Waals surface area contributed by atoms with Crippen LogP contribution in [0.3, 0.4) is 0 Å². The number of nitrogens with one attached hydrogen (secondary N) is 2. The number of rotatable bonds is 17. The van der Waals surface area contributed by atoms with E-state index in [2.05, 4.69) is 170 Å². The maximum Gasteiger partial charge on any atom is 0.407 e. The van der Waals surface area contributed by atoms with E-state index in [4.69, 9.17) is 4.74 Å². The van der Waals surface area contributed by atoms with Crippen molar-refractivity contribution in [3.05, 3.63) is 132 Å². The summed E-state index contributed by atoms with van der Waals surface area (Å²) in [6.07, 6.45) is 22.1. The molecule has 316 valence electrons. The minimum absolute atomic E-state index is 0.106. The van der Waals surface area contributed by atoms with Gasteiger partial charge in [0.2, 0.25) is 11.6 Å². The molecule has 0 spiro atoms. The van der Waals surface area contributed by atoms with E-state index >= 15 is 0 Å². The summed E-state index contributed by atoms with van der Waals surface area (Å²) in [5, 5.41) is 11.1. The summed E-state index contributed by atoms with van der Waals surface area (Å²) in [5.41, 5.74) is 7.15. The maximum absolute atomic E-state index is 12.6. The van der Waals surface area contributed by atoms with E-state index in [1.165, 1.54) is 55.5 Å². The Morgan fingerprint density at radius 1 is 0.683 bits per heavy atom. The van der Waals surface area contributed by atoms with Crippen molar-refractivity contribution in [1.29, 1.82) is 0 Å². The molecule has 0 radical (unpaired) electrons. The Labute approximate surface area is 359 Å². The molecule has 0 bridgehead atoms. The number of nitrogens with zero attached hydrogens (tertiary/aromatic N) is 2. The molecule has 2 aliphatic heterocycles. The first-order chi connectivity index (χ1) is 28.7. The molecule has 7 nitrogen and oxygen atoms in total. The van der Waals surface area contributed by atoms with Gasteiger partial charge in [0.05, 0.1) is 5.41 Å². The first-order valence-corrected chi connectivity index (χ1v) is 22.1. The Hall–Kier alpha value is -5.43. The number of carbonyl (C=O) groups is 2. The Bertz CT molecular complexity index is 2340. The van der Waals surface area contributed by atoms with Gasteiger partial charge in [-0.15, -0.1) is 0 Å². The van der Waals surface area contributed by atoms with E-state index in [-0.39, 0.29) is 22.8 Å². The lowest BCUT2D eigenvalue weighted by Crippen LogP contribution is -2.33. The summed E-state index contributed by atoms with van der Waals surface area (Å²) in [5.74, 6) is 0.130. The van der Waals surface area contributed by atoms with Gasteiger partial charge in [-0.25, -0.2) is 4.79 Å². The highest BCUT2D eigenvalue weighted by atomic mass is 16.6. The molecule has 7 heteroatoms. The SMILES string of the molecule is C[N+]1=C(/C=C/C=C/C=C/C=C2/N(CCCCCC(=O)NCCCCCCNC(=O)OC(C)(C)C)c3ccc4ccccc4c3C2(C)C)C(C)(C)c2c1ccc1ccccc21. The summed E-state index contributed by atoms with van der Waals surface area (Å²) in [6, 6.07) is 26.4. The number of ether oxygens (including phenoxy) is 1. The molecule has 0 aliphatic carbocycles. The van der Waals surface area contributed by atoms with E-state index in [1.54, 1.807) is 0 Å². The average molecular weight is 808 g/mol. The molecule has 4 aromatic rings. The average Bonchev–Trinajstić information content (AvgIpc) is 3.54. The lowest BCUT2D eigenvalue weighted by atomic mass is 9.79. The second-order valence-electron chi connectivity index (χ2n) is 18.4. The van der Waals surface area contributed by atoms with Crippen LogP contribution < -0.4 is 15.5 Å². The first-order valence-electron chi connectivity index (χ1n) is 22.1. The van der Waals surface area contributed by atoms with Gasteiger partial charge in [0, 0.05) is 60.6 Å². The van der Waals surface area contributed by atoms with Crippen molar-refractivity contribution in [2.45, 2.75) is 116 Å². The smallest absolute Gasteiger partial charge is 0.407 e. The van der Waals surface area contributed by atoms with Crippen LogP contribution >= 0.6 is 0 Å². The molecule has 60 heavy (non-hydrogen) atoms. The second-order valence-corrected chi connectivity index (χ2v) is 18.4. The third kappa shape index (κ3) is 10.3. The number of alkyl carbamates (subject to hydrolysis) is 1. The summed E-state index contributed by atoms with van der Waals surface area (Å²) >= 11 is 0. The number of unbranched alkanes of at least 4 members (excludes halogenated alkanes) is 5. The number of fused-ring (bicyclic) bond motifs is 6. The molecule has 0 atom stereocenters. The number of benzene rings is 4. The van der Waals surface area contributed by atoms with E-state index in [1.807, 2.05) is 20.8 Å². The van der Waals surface area contributed by atoms with Crippen LogP contribution in [0, 0.1) is 0 Å². The molecular weight excluding hydrogens is 741 g/mol. The molecule has 0 unspecified atom stereocenters. The fourth-order valence-corrected chi connectivity index (χ4v) is 9.11. The third-order valence-corrected chi connectivity index (χ3v) is 12.0. The van der Waals surface area contributed by atoms with E-state index < -0.39 is 5.60 Å². The van der Waals surface area contributed by atoms with Crippen molar-refractivity contribution in [2.24, 2.45) is 0 Å². The van der Waals surface area contributed by atoms with Crippen molar-refractivity contribution in [1.82, 2.24) is 10.6 Å². The summed E-state index contributed by atoms with van der Waals surface area (Å²) in [7, 11) is 2.18. The van der Waals surface area contributed by atoms with Gasteiger partial charge in [0.1, 0.15) is 12.6 Å². The van der Waals surface area contributed by atoms with Gasteiger partial charge in [0.25, 0.3) is 0 Å².